The third kappa shape index (κ3) is 11.2. The normalized spacial score (nSPS) is 12.6. The number of hydrogen-bond donors (Lipinski definition) is 0. The summed E-state index contributed by atoms with van der Waals surface area (Å²) in [5.74, 6) is 0. The number of furan rings is 1. The Morgan fingerprint density at radius 2 is 0.512 bits per heavy atom. The molecule has 1 aliphatic rings. The molecule has 0 aliphatic heterocycles. The van der Waals surface area contributed by atoms with Crippen LogP contribution in [0.5, 0.6) is 0 Å². The largest absolute Gasteiger partial charge is 0.438 e. The van der Waals surface area contributed by atoms with E-state index < -0.39 is 0 Å². The van der Waals surface area contributed by atoms with Gasteiger partial charge in [0, 0.05) is 59.6 Å². The predicted octanol–water partition coefficient (Wildman–Crippen LogP) is 33.3. The Kier molecular flexibility index (Phi) is 16.1. The van der Waals surface area contributed by atoms with Gasteiger partial charge in [-0.25, -0.2) is 4.98 Å². The standard InChI is InChI=1S/C48H29N.C39H28.C35H21N3O/c1-2-17-38-36(15-1)37-16-3-4-18-39(37)43-27-34(23-24-40(38)43)32-13-9-11-30(25-32)31-12-10-14-33(26-31)35-28-44-41-19-5-7-21-46(41)49-47-22-8-6-20-42(47)45(29-35)48(44)49;1-39(2)35-18-8-16-32-31-21-20-30(24-34(31)33-17-9-19-36(39)38(33)37(32)35)29-15-7-14-28(23-29)27-13-6-12-26(22-27)25-10-4-3-5-11-25;1-5-13-30-24(9-1)25-10-2-6-14-31(25)37(30)22-17-18-34-28(19-22)29-20-23(21-36-35(29)39-34)38-32-15-7-3-11-26(32)27-12-4-8-16-33(27)38/h1-29H;3-24H,1-2H3;1-21H. The zero-order valence-corrected chi connectivity index (χ0v) is 69.8. The first kappa shape index (κ1) is 72.2. The SMILES string of the molecule is CC1(C)c2cccc3c4ccc(-c5cccc(-c6cccc(-c7ccccc7)c6)c5)cc4c4cccc1c4c23.c1cc(-c2cccc(-c3cc4c5ccccc5n5c6ccccc6c(c3)c45)c2)cc(-c2ccc3c4ccccc4c4ccccc4c3c2)c1.c1ccc2c(c1)c1ccccc1n2-c1ccc2oc3ncc(-n4c5ccccc5c5ccccc54)cc3c2c1. The van der Waals surface area contributed by atoms with E-state index >= 15 is 0 Å². The lowest BCUT2D eigenvalue weighted by Crippen LogP contribution is -2.14. The fraction of sp³-hybridized carbons (Fsp3) is 0.0246. The van der Waals surface area contributed by atoms with E-state index in [0.717, 1.165) is 27.7 Å². The van der Waals surface area contributed by atoms with Gasteiger partial charge in [0.25, 0.3) is 0 Å². The Morgan fingerprint density at radius 1 is 0.205 bits per heavy atom. The van der Waals surface area contributed by atoms with Crippen molar-refractivity contribution in [3.8, 4) is 78.1 Å². The third-order valence-electron chi connectivity index (χ3n) is 27.5. The summed E-state index contributed by atoms with van der Waals surface area (Å²) in [6.07, 6.45) is 1.91. The van der Waals surface area contributed by atoms with E-state index in [4.69, 9.17) is 9.40 Å². The van der Waals surface area contributed by atoms with Crippen molar-refractivity contribution < 1.29 is 4.42 Å². The molecular weight excluding hydrogens is 1540 g/mol. The molecule has 0 unspecified atom stereocenters. The summed E-state index contributed by atoms with van der Waals surface area (Å²) in [5, 5.41) is 28.3. The van der Waals surface area contributed by atoms with Gasteiger partial charge in [0.1, 0.15) is 5.58 Å². The van der Waals surface area contributed by atoms with Crippen LogP contribution in [0.15, 0.2) is 441 Å². The van der Waals surface area contributed by atoms with Gasteiger partial charge in [0.2, 0.25) is 5.71 Å². The van der Waals surface area contributed by atoms with Gasteiger partial charge >= 0.3 is 0 Å². The molecule has 0 saturated carbocycles. The number of nitrogens with zero attached hydrogens (tertiary/aromatic N) is 4. The van der Waals surface area contributed by atoms with Crippen LogP contribution in [0.3, 0.4) is 0 Å². The first-order valence-corrected chi connectivity index (χ1v) is 43.9. The number of hydrogen-bond acceptors (Lipinski definition) is 2. The van der Waals surface area contributed by atoms with Crippen LogP contribution in [0, 0.1) is 0 Å². The summed E-state index contributed by atoms with van der Waals surface area (Å²) in [6, 6.07) is 157. The van der Waals surface area contributed by atoms with Crippen LogP contribution in [-0.4, -0.2) is 18.5 Å². The van der Waals surface area contributed by atoms with Crippen molar-refractivity contribution in [3.63, 3.8) is 0 Å². The molecule has 0 spiro atoms. The molecule has 0 atom stereocenters. The van der Waals surface area contributed by atoms with Crippen molar-refractivity contribution in [3.05, 3.63) is 448 Å². The molecule has 0 amide bonds. The van der Waals surface area contributed by atoms with Gasteiger partial charge in [-0.15, -0.1) is 0 Å². The summed E-state index contributed by atoms with van der Waals surface area (Å²) in [6.45, 7) is 4.73. The van der Waals surface area contributed by atoms with E-state index in [-0.39, 0.29) is 5.41 Å². The van der Waals surface area contributed by atoms with E-state index in [2.05, 4.69) is 458 Å². The summed E-state index contributed by atoms with van der Waals surface area (Å²) in [5.41, 5.74) is 29.9. The van der Waals surface area contributed by atoms with E-state index in [9.17, 15) is 0 Å². The van der Waals surface area contributed by atoms with Crippen LogP contribution < -0.4 is 0 Å². The van der Waals surface area contributed by atoms with E-state index in [1.807, 2.05) is 6.20 Å². The molecule has 1 aliphatic carbocycles. The highest BCUT2D eigenvalue weighted by Gasteiger charge is 2.35. The molecule has 592 valence electrons. The minimum absolute atomic E-state index is 0.0180. The van der Waals surface area contributed by atoms with Crippen LogP contribution in [0.2, 0.25) is 0 Å². The Bertz CT molecular complexity index is 8880. The van der Waals surface area contributed by atoms with Gasteiger partial charge in [-0.2, -0.15) is 0 Å². The monoisotopic (exact) mass is 1610 g/mol. The Hall–Kier alpha value is -16.5. The number of para-hydroxylation sites is 6. The van der Waals surface area contributed by atoms with Gasteiger partial charge < -0.3 is 18.0 Å². The maximum absolute atomic E-state index is 6.22. The second-order valence-corrected chi connectivity index (χ2v) is 34.7. The topological polar surface area (TPSA) is 40.3 Å². The van der Waals surface area contributed by atoms with Crippen LogP contribution in [0.25, 0.3) is 247 Å². The minimum atomic E-state index is 0.0180. The van der Waals surface area contributed by atoms with Crippen LogP contribution in [0.1, 0.15) is 25.0 Å². The first-order chi connectivity index (χ1) is 62.7. The maximum atomic E-state index is 6.22. The number of benzene rings is 21. The Balaban J connectivity index is 0.000000102. The number of fused-ring (bicyclic) bond motifs is 24. The zero-order chi connectivity index (χ0) is 83.7. The number of pyridine rings is 1. The number of aromatic nitrogens is 4. The zero-order valence-electron chi connectivity index (χ0n) is 69.8. The summed E-state index contributed by atoms with van der Waals surface area (Å²) >= 11 is 0. The van der Waals surface area contributed by atoms with Gasteiger partial charge in [0.15, 0.2) is 0 Å². The number of rotatable bonds is 8. The van der Waals surface area contributed by atoms with Crippen molar-refractivity contribution in [2.45, 2.75) is 19.3 Å². The molecule has 0 N–H and O–H groups in total. The van der Waals surface area contributed by atoms with Crippen LogP contribution in [-0.2, 0) is 5.41 Å². The van der Waals surface area contributed by atoms with Crippen molar-refractivity contribution >= 4 is 168 Å². The molecule has 6 aromatic heterocycles. The second-order valence-electron chi connectivity index (χ2n) is 34.7. The third-order valence-corrected chi connectivity index (χ3v) is 27.5. The maximum Gasteiger partial charge on any atom is 0.227 e. The smallest absolute Gasteiger partial charge is 0.227 e. The highest BCUT2D eigenvalue weighted by Crippen LogP contribution is 2.53. The Morgan fingerprint density at radius 3 is 0.969 bits per heavy atom. The van der Waals surface area contributed by atoms with Gasteiger partial charge in [-0.3, -0.25) is 0 Å². The molecule has 28 rings (SSSR count). The Labute approximate surface area is 731 Å². The lowest BCUT2D eigenvalue weighted by atomic mass is 9.82. The average Bonchev–Trinajstić information content (AvgIpc) is 1.54. The van der Waals surface area contributed by atoms with Gasteiger partial charge in [0.05, 0.1) is 55.9 Å². The molecule has 0 saturated heterocycles. The summed E-state index contributed by atoms with van der Waals surface area (Å²) in [4.78, 5) is 4.79. The fourth-order valence-electron chi connectivity index (χ4n) is 21.6. The van der Waals surface area contributed by atoms with Crippen molar-refractivity contribution in [1.82, 2.24) is 18.5 Å². The molecule has 6 heterocycles. The van der Waals surface area contributed by atoms with E-state index in [0.29, 0.717) is 5.71 Å². The molecule has 27 aromatic rings. The van der Waals surface area contributed by atoms with E-state index in [1.54, 1.807) is 0 Å². The highest BCUT2D eigenvalue weighted by atomic mass is 16.3. The second kappa shape index (κ2) is 28.3. The van der Waals surface area contributed by atoms with Gasteiger partial charge in [-0.05, 0) is 252 Å². The summed E-state index contributed by atoms with van der Waals surface area (Å²) in [7, 11) is 0. The van der Waals surface area contributed by atoms with Crippen LogP contribution >= 0.6 is 0 Å². The molecule has 21 aromatic carbocycles. The average molecular weight is 1620 g/mol. The highest BCUT2D eigenvalue weighted by molar-refractivity contribution is 6.30. The van der Waals surface area contributed by atoms with Crippen molar-refractivity contribution in [2.24, 2.45) is 0 Å². The summed E-state index contributed by atoms with van der Waals surface area (Å²) < 4.78 is 13.3. The molecule has 5 heteroatoms. The minimum Gasteiger partial charge on any atom is -0.438 e. The quantitative estimate of drug-likeness (QED) is 0.142. The van der Waals surface area contributed by atoms with Gasteiger partial charge in [-0.1, -0.05) is 335 Å². The lowest BCUT2D eigenvalue weighted by Gasteiger charge is -2.21. The molecular formula is C122H78N4O. The molecule has 0 fully saturated rings. The molecule has 127 heavy (non-hydrogen) atoms. The first-order valence-electron chi connectivity index (χ1n) is 43.9. The fourth-order valence-corrected chi connectivity index (χ4v) is 21.6. The lowest BCUT2D eigenvalue weighted by molar-refractivity contribution is 0.654. The molecule has 5 nitrogen and oxygen atoms in total. The van der Waals surface area contributed by atoms with Crippen molar-refractivity contribution in [1.29, 1.82) is 0 Å². The van der Waals surface area contributed by atoms with Crippen molar-refractivity contribution in [2.75, 3.05) is 0 Å². The van der Waals surface area contributed by atoms with E-state index in [1.165, 1.54) is 224 Å². The van der Waals surface area contributed by atoms with Crippen LogP contribution in [0.4, 0.5) is 0 Å². The molecule has 0 radical (unpaired) electrons. The molecule has 0 bridgehead atoms. The predicted molar refractivity (Wildman–Crippen MR) is 538 cm³/mol.